The summed E-state index contributed by atoms with van der Waals surface area (Å²) < 4.78 is 12.2. The van der Waals surface area contributed by atoms with E-state index in [1.54, 1.807) is 43.3 Å². The normalized spacial score (nSPS) is 16.4. The molecule has 0 saturated heterocycles. The highest BCUT2D eigenvalue weighted by atomic mass is 16.5. The molecule has 0 aliphatic carbocycles. The van der Waals surface area contributed by atoms with E-state index in [0.29, 0.717) is 39.7 Å². The van der Waals surface area contributed by atoms with E-state index in [-0.39, 0.29) is 62.4 Å². The zero-order valence-corrected chi connectivity index (χ0v) is 38.5. The number of nitrogens with two attached hydrogens (primary N) is 3. The second-order valence-corrected chi connectivity index (χ2v) is 16.9. The number of amides is 5. The maximum absolute atomic E-state index is 14.8. The van der Waals surface area contributed by atoms with Crippen molar-refractivity contribution in [2.24, 2.45) is 17.2 Å². The van der Waals surface area contributed by atoms with Crippen LogP contribution in [0.15, 0.2) is 66.9 Å². The first-order chi connectivity index (χ1) is 31.9. The molecule has 67 heavy (non-hydrogen) atoms. The van der Waals surface area contributed by atoms with Gasteiger partial charge in [-0.1, -0.05) is 57.2 Å². The highest BCUT2D eigenvalue weighted by Crippen LogP contribution is 2.40. The number of carbonyl (C=O) groups is 5. The summed E-state index contributed by atoms with van der Waals surface area (Å²) in [6, 6.07) is 14.3. The van der Waals surface area contributed by atoms with Gasteiger partial charge in [-0.3, -0.25) is 29.4 Å². The van der Waals surface area contributed by atoms with Gasteiger partial charge in [-0.15, -0.1) is 0 Å². The van der Waals surface area contributed by atoms with Crippen LogP contribution in [0.2, 0.25) is 0 Å². The number of hydrogen-bond acceptors (Lipinski definition) is 13. The van der Waals surface area contributed by atoms with Crippen molar-refractivity contribution >= 4 is 35.5 Å². The van der Waals surface area contributed by atoms with Crippen molar-refractivity contribution in [1.82, 2.24) is 41.5 Å². The fourth-order valence-electron chi connectivity index (χ4n) is 7.30. The van der Waals surface area contributed by atoms with Crippen molar-refractivity contribution in [3.05, 3.63) is 94.8 Å². The number of nitrogens with one attached hydrogen (secondary N) is 6. The van der Waals surface area contributed by atoms with Gasteiger partial charge in [-0.25, -0.2) is 9.97 Å². The third-order valence-corrected chi connectivity index (χ3v) is 10.9. The Hall–Kier alpha value is -7.63. The van der Waals surface area contributed by atoms with Gasteiger partial charge in [0.1, 0.15) is 55.4 Å². The van der Waals surface area contributed by atoms with E-state index in [2.05, 4.69) is 57.3 Å². The highest BCUT2D eigenvalue weighted by molar-refractivity contribution is 6.00. The van der Waals surface area contributed by atoms with Gasteiger partial charge in [0.05, 0.1) is 17.3 Å². The van der Waals surface area contributed by atoms with E-state index in [1.807, 2.05) is 30.3 Å². The minimum absolute atomic E-state index is 0.0188. The molecule has 4 bridgehead atoms. The third-order valence-electron chi connectivity index (χ3n) is 10.9. The van der Waals surface area contributed by atoms with Crippen molar-refractivity contribution < 1.29 is 33.4 Å². The zero-order valence-electron chi connectivity index (χ0n) is 38.5. The van der Waals surface area contributed by atoms with Crippen LogP contribution >= 0.6 is 0 Å². The summed E-state index contributed by atoms with van der Waals surface area (Å²) in [5, 5.41) is 30.2. The Morgan fingerprint density at radius 1 is 0.955 bits per heavy atom. The predicted molar refractivity (Wildman–Crippen MR) is 250 cm³/mol. The van der Waals surface area contributed by atoms with Gasteiger partial charge in [0, 0.05) is 56.0 Å². The number of benzene rings is 3. The first-order valence-corrected chi connectivity index (χ1v) is 21.6. The van der Waals surface area contributed by atoms with E-state index in [0.717, 1.165) is 16.0 Å². The molecule has 4 aromatic rings. The van der Waals surface area contributed by atoms with Gasteiger partial charge >= 0.3 is 0 Å². The minimum atomic E-state index is -1.48. The maximum atomic E-state index is 14.8. The lowest BCUT2D eigenvalue weighted by atomic mass is 9.87. The van der Waals surface area contributed by atoms with Crippen LogP contribution in [0.1, 0.15) is 66.5 Å². The van der Waals surface area contributed by atoms with Crippen molar-refractivity contribution in [2.75, 3.05) is 46.4 Å². The molecular weight excluding hydrogens is 859 g/mol. The summed E-state index contributed by atoms with van der Waals surface area (Å²) in [4.78, 5) is 80.6. The summed E-state index contributed by atoms with van der Waals surface area (Å²) in [6.45, 7) is 9.28. The Labute approximate surface area is 389 Å². The van der Waals surface area contributed by atoms with Crippen molar-refractivity contribution in [2.45, 2.75) is 70.6 Å². The lowest BCUT2D eigenvalue weighted by Crippen LogP contribution is -2.57. The number of rotatable bonds is 15. The molecule has 4 atom stereocenters. The van der Waals surface area contributed by atoms with Gasteiger partial charge in [-0.05, 0) is 60.2 Å². The van der Waals surface area contributed by atoms with E-state index >= 15 is 0 Å². The van der Waals surface area contributed by atoms with Crippen molar-refractivity contribution in [3.8, 4) is 40.1 Å². The van der Waals surface area contributed by atoms with Crippen molar-refractivity contribution in [3.63, 3.8) is 0 Å². The van der Waals surface area contributed by atoms with Crippen LogP contribution in [0.25, 0.3) is 22.5 Å². The molecule has 20 nitrogen and oxygen atoms in total. The minimum Gasteiger partial charge on any atom is -0.492 e. The SMILES string of the molecule is Cc1nc(-c2ccc(C(C)(C)C)cc2)ncc1C(=O)N[C@@H](CNC(=N)N)C(=O)N(C)[C@@H]1C(=O)N[C@@H](C)C(=O)N[C@H](C(=O)NCC#N)Cc2ccc(OCCN)c(c2)-c2cc1ccc2OCCN. The number of aromatic nitrogens is 2. The van der Waals surface area contributed by atoms with Gasteiger partial charge in [0.25, 0.3) is 5.91 Å². The lowest BCUT2D eigenvalue weighted by Gasteiger charge is -2.33. The van der Waals surface area contributed by atoms with E-state index < -0.39 is 59.7 Å². The van der Waals surface area contributed by atoms with E-state index in [1.165, 1.54) is 20.2 Å². The van der Waals surface area contributed by atoms with E-state index in [4.69, 9.17) is 32.1 Å². The zero-order chi connectivity index (χ0) is 49.0. The maximum Gasteiger partial charge on any atom is 0.255 e. The molecule has 0 radical (unpaired) electrons. The summed E-state index contributed by atoms with van der Waals surface area (Å²) in [7, 11) is 1.35. The lowest BCUT2D eigenvalue weighted by molar-refractivity contribution is -0.141. The van der Waals surface area contributed by atoms with E-state index in [9.17, 15) is 29.2 Å². The van der Waals surface area contributed by atoms with Gasteiger partial charge in [-0.2, -0.15) is 5.26 Å². The Morgan fingerprint density at radius 2 is 1.60 bits per heavy atom. The highest BCUT2D eigenvalue weighted by Gasteiger charge is 2.36. The molecule has 354 valence electrons. The third kappa shape index (κ3) is 12.8. The number of likely N-dealkylation sites (N-methyl/N-ethyl adjacent to an activating group) is 1. The standard InChI is InChI=1S/C47H59N13O7/c1-26-34(24-54-40(56-26)29-8-11-31(12-9-29)47(3,4)5)42(62)59-36(25-55-46(51)52)45(65)60(6)39-30-10-14-38(67-20-17-50)33(23-30)32-21-28(7-13-37(32)66-19-16-49)22-35(43(63)53-18-15-48)58-41(61)27(2)57-44(39)64/h7-14,21,23-24,27,35-36,39H,16-20,22,25,49-50H2,1-6H3,(H,53,63)(H,57,64)(H,58,61)(H,59,62)(H4,51,52,55)/t27-,35-,36-,39-/m0/s1. The Bertz CT molecular complexity index is 2520. The number of hydrogen-bond donors (Lipinski definition) is 9. The molecule has 0 spiro atoms. The fourth-order valence-corrected chi connectivity index (χ4v) is 7.30. The van der Waals surface area contributed by atoms with Crippen LogP contribution in [0.4, 0.5) is 0 Å². The number of nitrogens with zero attached hydrogens (tertiary/aromatic N) is 4. The number of guanidine groups is 1. The number of aryl methyl sites for hydroxylation is 1. The molecule has 12 N–H and O–H groups in total. The van der Waals surface area contributed by atoms with Crippen LogP contribution in [0.5, 0.6) is 11.5 Å². The summed E-state index contributed by atoms with van der Waals surface area (Å²) in [5.41, 5.74) is 21.2. The number of nitriles is 1. The summed E-state index contributed by atoms with van der Waals surface area (Å²) >= 11 is 0. The predicted octanol–water partition coefficient (Wildman–Crippen LogP) is 1.06. The Balaban J connectivity index is 1.58. The van der Waals surface area contributed by atoms with Crippen LogP contribution in [-0.2, 0) is 31.0 Å². The molecular formula is C47H59N13O7. The number of ether oxygens (including phenoxy) is 2. The van der Waals surface area contributed by atoms with Crippen LogP contribution < -0.4 is 53.3 Å². The molecule has 1 aliphatic heterocycles. The van der Waals surface area contributed by atoms with Gasteiger partial charge in [0.15, 0.2) is 11.8 Å². The van der Waals surface area contributed by atoms with Gasteiger partial charge in [0.2, 0.25) is 23.6 Å². The number of carbonyl (C=O) groups excluding carboxylic acids is 5. The smallest absolute Gasteiger partial charge is 0.255 e. The molecule has 1 aromatic heterocycles. The molecule has 3 aromatic carbocycles. The largest absolute Gasteiger partial charge is 0.492 e. The Kier molecular flexibility index (Phi) is 16.9. The molecule has 5 rings (SSSR count). The Morgan fingerprint density at radius 3 is 2.19 bits per heavy atom. The average molecular weight is 918 g/mol. The number of fused-ring (bicyclic) bond motifs is 5. The summed E-state index contributed by atoms with van der Waals surface area (Å²) in [6.07, 6.45) is 1.34. The molecule has 5 amide bonds. The second-order valence-electron chi connectivity index (χ2n) is 16.9. The van der Waals surface area contributed by atoms with Crippen LogP contribution in [0.3, 0.4) is 0 Å². The molecule has 2 heterocycles. The van der Waals surface area contributed by atoms with Crippen molar-refractivity contribution in [1.29, 1.82) is 10.7 Å². The average Bonchev–Trinajstić information content (AvgIpc) is 3.29. The molecule has 0 unspecified atom stereocenters. The van der Waals surface area contributed by atoms with Crippen LogP contribution in [0, 0.1) is 23.7 Å². The second kappa shape index (κ2) is 22.5. The topological polar surface area (TPSA) is 319 Å². The quantitative estimate of drug-likeness (QED) is 0.0458. The molecule has 0 fully saturated rings. The first kappa shape index (κ1) is 50.4. The first-order valence-electron chi connectivity index (χ1n) is 21.6. The van der Waals surface area contributed by atoms with Gasteiger partial charge < -0.3 is 58.2 Å². The monoisotopic (exact) mass is 917 g/mol. The van der Waals surface area contributed by atoms with Crippen LogP contribution in [-0.4, -0.2) is 115 Å². The summed E-state index contributed by atoms with van der Waals surface area (Å²) in [5.74, 6) is -3.07. The fraction of sp³-hybridized carbons (Fsp3) is 0.383. The molecule has 0 saturated carbocycles. The molecule has 1 aliphatic rings. The molecule has 20 heteroatoms.